The van der Waals surface area contributed by atoms with Crippen LogP contribution < -0.4 is 5.32 Å². The van der Waals surface area contributed by atoms with Crippen molar-refractivity contribution in [3.63, 3.8) is 0 Å². The molecule has 27 heavy (non-hydrogen) atoms. The van der Waals surface area contributed by atoms with Crippen molar-refractivity contribution in [1.29, 1.82) is 0 Å². The zero-order valence-electron chi connectivity index (χ0n) is 16.3. The molecule has 1 aromatic heterocycles. The molecule has 148 valence electrons. The second kappa shape index (κ2) is 8.00. The molecule has 1 atom stereocenters. The van der Waals surface area contributed by atoms with Crippen LogP contribution in [0.25, 0.3) is 0 Å². The first-order valence-electron chi connectivity index (χ1n) is 10.4. The van der Waals surface area contributed by atoms with Crippen molar-refractivity contribution in [2.24, 2.45) is 5.92 Å². The molecule has 0 aromatic carbocycles. The molecular weight excluding hydrogens is 342 g/mol. The molecule has 2 fully saturated rings. The summed E-state index contributed by atoms with van der Waals surface area (Å²) in [4.78, 5) is 29.2. The molecule has 3 heterocycles. The molecule has 1 aromatic rings. The monoisotopic (exact) mass is 373 g/mol. The largest absolute Gasteiger partial charge is 0.349 e. The minimum Gasteiger partial charge on any atom is -0.349 e. The Balaban J connectivity index is 1.35. The molecule has 1 unspecified atom stereocenters. The summed E-state index contributed by atoms with van der Waals surface area (Å²) in [7, 11) is 2.02. The van der Waals surface area contributed by atoms with Gasteiger partial charge in [-0.15, -0.1) is 0 Å². The van der Waals surface area contributed by atoms with Crippen LogP contribution in [-0.2, 0) is 29.2 Å². The van der Waals surface area contributed by atoms with E-state index >= 15 is 0 Å². The number of likely N-dealkylation sites (N-methyl/N-ethyl adjacent to an activating group) is 1. The first-order chi connectivity index (χ1) is 13.1. The van der Waals surface area contributed by atoms with Gasteiger partial charge in [-0.2, -0.15) is 5.10 Å². The molecule has 7 nitrogen and oxygen atoms in total. The van der Waals surface area contributed by atoms with Crippen LogP contribution in [-0.4, -0.2) is 57.6 Å². The smallest absolute Gasteiger partial charge is 0.237 e. The summed E-state index contributed by atoms with van der Waals surface area (Å²) in [6.07, 6.45) is 7.42. The summed E-state index contributed by atoms with van der Waals surface area (Å²) in [6.45, 7) is 3.74. The van der Waals surface area contributed by atoms with Crippen LogP contribution in [0.5, 0.6) is 0 Å². The molecule has 0 bridgehead atoms. The van der Waals surface area contributed by atoms with Gasteiger partial charge in [0.1, 0.15) is 0 Å². The van der Waals surface area contributed by atoms with Crippen molar-refractivity contribution in [3.05, 3.63) is 17.5 Å². The van der Waals surface area contributed by atoms with Gasteiger partial charge in [-0.1, -0.05) is 12.8 Å². The van der Waals surface area contributed by atoms with E-state index in [-0.39, 0.29) is 17.9 Å². The number of nitrogens with one attached hydrogen (secondary N) is 1. The Morgan fingerprint density at radius 3 is 2.70 bits per heavy atom. The molecule has 2 aliphatic heterocycles. The zero-order valence-corrected chi connectivity index (χ0v) is 16.3. The summed E-state index contributed by atoms with van der Waals surface area (Å²) in [6, 6.07) is 2.03. The third kappa shape index (κ3) is 4.03. The van der Waals surface area contributed by atoms with Crippen LogP contribution >= 0.6 is 0 Å². The minimum atomic E-state index is -0.0187. The molecule has 4 rings (SSSR count). The number of carbonyl (C=O) groups is 2. The van der Waals surface area contributed by atoms with Gasteiger partial charge in [-0.3, -0.25) is 19.2 Å². The van der Waals surface area contributed by atoms with Gasteiger partial charge in [0.15, 0.2) is 0 Å². The second-order valence-corrected chi connectivity index (χ2v) is 8.30. The number of piperidine rings is 1. The maximum atomic E-state index is 12.6. The number of fused-ring (bicyclic) bond motifs is 1. The van der Waals surface area contributed by atoms with Crippen molar-refractivity contribution in [1.82, 2.24) is 24.9 Å². The van der Waals surface area contributed by atoms with Crippen molar-refractivity contribution in [2.45, 2.75) is 70.6 Å². The molecular formula is C20H31N5O2. The molecule has 1 saturated heterocycles. The molecule has 0 spiro atoms. The number of likely N-dealkylation sites (tertiary alicyclic amines) is 1. The molecule has 1 saturated carbocycles. The van der Waals surface area contributed by atoms with Crippen LogP contribution in [0.2, 0.25) is 0 Å². The van der Waals surface area contributed by atoms with E-state index in [9.17, 15) is 9.59 Å². The molecule has 1 aliphatic carbocycles. The lowest BCUT2D eigenvalue weighted by Gasteiger charge is -2.31. The minimum absolute atomic E-state index is 0.0187. The zero-order chi connectivity index (χ0) is 18.8. The number of nitrogens with zero attached hydrogens (tertiary/aromatic N) is 4. The van der Waals surface area contributed by atoms with E-state index < -0.39 is 0 Å². The van der Waals surface area contributed by atoms with E-state index in [0.717, 1.165) is 63.1 Å². The molecule has 2 amide bonds. The number of hydrogen-bond donors (Lipinski definition) is 1. The van der Waals surface area contributed by atoms with Gasteiger partial charge in [-0.05, 0) is 51.8 Å². The fourth-order valence-corrected chi connectivity index (χ4v) is 4.41. The number of aryl methyl sites for hydroxylation is 1. The van der Waals surface area contributed by atoms with Gasteiger partial charge in [0.05, 0.1) is 30.5 Å². The lowest BCUT2D eigenvalue weighted by molar-refractivity contribution is -0.138. The Morgan fingerprint density at radius 2 is 1.96 bits per heavy atom. The van der Waals surface area contributed by atoms with Gasteiger partial charge in [0, 0.05) is 19.0 Å². The first-order valence-corrected chi connectivity index (χ1v) is 10.4. The normalized spacial score (nSPS) is 24.0. The maximum Gasteiger partial charge on any atom is 0.237 e. The van der Waals surface area contributed by atoms with E-state index in [2.05, 4.69) is 21.4 Å². The number of carbonyl (C=O) groups excluding carboxylic acids is 2. The van der Waals surface area contributed by atoms with Gasteiger partial charge in [0.25, 0.3) is 0 Å². The van der Waals surface area contributed by atoms with Gasteiger partial charge >= 0.3 is 0 Å². The fraction of sp³-hybridized carbons (Fsp3) is 0.750. The number of rotatable bonds is 4. The average Bonchev–Trinajstić information content (AvgIpc) is 2.88. The maximum absolute atomic E-state index is 12.6. The third-order valence-corrected chi connectivity index (χ3v) is 6.35. The predicted octanol–water partition coefficient (Wildman–Crippen LogP) is 1.52. The SMILES string of the molecule is CN1CCCCC1C(=O)NCc1cc2n(n1)CCCN(C(=O)C1CCC1)C2. The highest BCUT2D eigenvalue weighted by Gasteiger charge is 2.31. The Labute approximate surface area is 161 Å². The Morgan fingerprint density at radius 1 is 1.11 bits per heavy atom. The number of aromatic nitrogens is 2. The Bertz CT molecular complexity index is 697. The van der Waals surface area contributed by atoms with Crippen molar-refractivity contribution >= 4 is 11.8 Å². The fourth-order valence-electron chi connectivity index (χ4n) is 4.41. The van der Waals surface area contributed by atoms with Crippen LogP contribution in [0, 0.1) is 5.92 Å². The van der Waals surface area contributed by atoms with Gasteiger partial charge in [-0.25, -0.2) is 0 Å². The standard InChI is InChI=1S/C20H31N5O2/c1-23-9-3-2-8-18(23)19(26)21-13-16-12-17-14-24(10-5-11-25(17)22-16)20(27)15-6-4-7-15/h12,15,18H,2-11,13-14H2,1H3,(H,21,26). The molecule has 0 radical (unpaired) electrons. The van der Waals surface area contributed by atoms with E-state index in [1.165, 1.54) is 12.8 Å². The van der Waals surface area contributed by atoms with E-state index in [4.69, 9.17) is 0 Å². The Kier molecular flexibility index (Phi) is 5.48. The summed E-state index contributed by atoms with van der Waals surface area (Å²) >= 11 is 0. The summed E-state index contributed by atoms with van der Waals surface area (Å²) < 4.78 is 2.02. The van der Waals surface area contributed by atoms with E-state index in [1.807, 2.05) is 16.6 Å². The first kappa shape index (κ1) is 18.5. The topological polar surface area (TPSA) is 70.5 Å². The quantitative estimate of drug-likeness (QED) is 0.869. The molecule has 7 heteroatoms. The van der Waals surface area contributed by atoms with Crippen molar-refractivity contribution in [2.75, 3.05) is 20.1 Å². The predicted molar refractivity (Wildman–Crippen MR) is 102 cm³/mol. The van der Waals surface area contributed by atoms with Crippen LogP contribution in [0.3, 0.4) is 0 Å². The van der Waals surface area contributed by atoms with E-state index in [0.29, 0.717) is 19.0 Å². The highest BCUT2D eigenvalue weighted by atomic mass is 16.2. The average molecular weight is 374 g/mol. The van der Waals surface area contributed by atoms with Gasteiger partial charge in [0.2, 0.25) is 11.8 Å². The number of hydrogen-bond acceptors (Lipinski definition) is 4. The van der Waals surface area contributed by atoms with E-state index in [1.54, 1.807) is 0 Å². The van der Waals surface area contributed by atoms with Crippen LogP contribution in [0.4, 0.5) is 0 Å². The molecule has 3 aliphatic rings. The van der Waals surface area contributed by atoms with Crippen LogP contribution in [0.1, 0.15) is 56.3 Å². The van der Waals surface area contributed by atoms with Crippen molar-refractivity contribution in [3.8, 4) is 0 Å². The number of amides is 2. The van der Waals surface area contributed by atoms with Crippen LogP contribution in [0.15, 0.2) is 6.07 Å². The third-order valence-electron chi connectivity index (χ3n) is 6.35. The molecule has 1 N–H and O–H groups in total. The van der Waals surface area contributed by atoms with Crippen molar-refractivity contribution < 1.29 is 9.59 Å². The highest BCUT2D eigenvalue weighted by molar-refractivity contribution is 5.81. The highest BCUT2D eigenvalue weighted by Crippen LogP contribution is 2.29. The summed E-state index contributed by atoms with van der Waals surface area (Å²) in [5.41, 5.74) is 1.97. The second-order valence-electron chi connectivity index (χ2n) is 8.30. The summed E-state index contributed by atoms with van der Waals surface area (Å²) in [5, 5.41) is 7.73. The van der Waals surface area contributed by atoms with Gasteiger partial charge < -0.3 is 10.2 Å². The Hall–Kier alpha value is -1.89. The lowest BCUT2D eigenvalue weighted by atomic mass is 9.84. The summed E-state index contributed by atoms with van der Waals surface area (Å²) in [5.74, 6) is 0.652. The lowest BCUT2D eigenvalue weighted by Crippen LogP contribution is -2.47.